The number of nitrogens with one attached hydrogen (secondary N) is 2. The summed E-state index contributed by atoms with van der Waals surface area (Å²) in [5.41, 5.74) is -0.150. The lowest BCUT2D eigenvalue weighted by molar-refractivity contribution is 0.348. The van der Waals surface area contributed by atoms with Gasteiger partial charge in [0.15, 0.2) is 11.2 Å². The summed E-state index contributed by atoms with van der Waals surface area (Å²) in [4.78, 5) is 31.4. The minimum Gasteiger partial charge on any atom is -0.324 e. The number of fused-ring (bicyclic) bond motifs is 1. The molecule has 6 heteroatoms. The van der Waals surface area contributed by atoms with Crippen molar-refractivity contribution in [2.75, 3.05) is 0 Å². The largest absolute Gasteiger partial charge is 0.327 e. The molecule has 0 radical (unpaired) electrons. The molecule has 2 rings (SSSR count). The number of aromatic amines is 2. The third-order valence-electron chi connectivity index (χ3n) is 2.16. The molecule has 0 aromatic carbocycles. The first-order chi connectivity index (χ1) is 7.37. The quantitative estimate of drug-likeness (QED) is 0.735. The Kier molecular flexibility index (Phi) is 2.22. The molecular weight excluding hydrogens is 208 g/mol. The van der Waals surface area contributed by atoms with Gasteiger partial charge in [-0.15, -0.1) is 0 Å². The van der Waals surface area contributed by atoms with Crippen LogP contribution in [-0.2, 0) is 6.54 Å². The molecule has 0 unspecified atom stereocenters. The Morgan fingerprint density at radius 3 is 2.62 bits per heavy atom. The molecule has 0 aliphatic rings. The molecule has 86 valence electrons. The highest BCUT2D eigenvalue weighted by Crippen LogP contribution is 2.17. The summed E-state index contributed by atoms with van der Waals surface area (Å²) in [7, 11) is 0. The van der Waals surface area contributed by atoms with Crippen molar-refractivity contribution in [3.05, 3.63) is 27.2 Å². The van der Waals surface area contributed by atoms with Gasteiger partial charge in [0.1, 0.15) is 0 Å². The number of H-pyrrole nitrogens is 2. The zero-order chi connectivity index (χ0) is 11.9. The monoisotopic (exact) mass is 222 g/mol. The van der Waals surface area contributed by atoms with Gasteiger partial charge in [0.25, 0.3) is 5.56 Å². The average molecular weight is 222 g/mol. The molecule has 0 aliphatic carbocycles. The number of nitrogens with zero attached hydrogens (tertiary/aromatic N) is 2. The van der Waals surface area contributed by atoms with Crippen LogP contribution >= 0.6 is 0 Å². The van der Waals surface area contributed by atoms with E-state index in [0.29, 0.717) is 17.7 Å². The summed E-state index contributed by atoms with van der Waals surface area (Å²) in [6.07, 6.45) is 1.57. The molecule has 0 bridgehead atoms. The van der Waals surface area contributed by atoms with Gasteiger partial charge in [0.2, 0.25) is 0 Å². The third kappa shape index (κ3) is 1.91. The smallest absolute Gasteiger partial charge is 0.324 e. The van der Waals surface area contributed by atoms with Crippen molar-refractivity contribution >= 4 is 11.2 Å². The van der Waals surface area contributed by atoms with Gasteiger partial charge in [-0.3, -0.25) is 14.8 Å². The average Bonchev–Trinajstić information content (AvgIpc) is 2.44. The van der Waals surface area contributed by atoms with Crippen LogP contribution in [0.3, 0.4) is 0 Å². The van der Waals surface area contributed by atoms with Crippen molar-refractivity contribution in [2.45, 2.75) is 27.3 Å². The summed E-state index contributed by atoms with van der Waals surface area (Å²) in [6, 6.07) is 0. The van der Waals surface area contributed by atoms with Gasteiger partial charge in [-0.1, -0.05) is 20.8 Å². The van der Waals surface area contributed by atoms with Crippen molar-refractivity contribution in [1.82, 2.24) is 19.5 Å². The molecule has 0 amide bonds. The molecule has 6 nitrogen and oxygen atoms in total. The van der Waals surface area contributed by atoms with E-state index < -0.39 is 11.2 Å². The van der Waals surface area contributed by atoms with Gasteiger partial charge in [-0.2, -0.15) is 0 Å². The van der Waals surface area contributed by atoms with E-state index in [9.17, 15) is 9.59 Å². The molecular formula is C10H14N4O2. The molecule has 0 atom stereocenters. The normalized spacial score (nSPS) is 12.2. The molecule has 16 heavy (non-hydrogen) atoms. The molecule has 2 N–H and O–H groups in total. The summed E-state index contributed by atoms with van der Waals surface area (Å²) < 4.78 is 1.75. The molecule has 2 heterocycles. The molecule has 0 saturated heterocycles. The van der Waals surface area contributed by atoms with Crippen LogP contribution in [0.1, 0.15) is 20.8 Å². The van der Waals surface area contributed by atoms with Crippen molar-refractivity contribution in [3.63, 3.8) is 0 Å². The summed E-state index contributed by atoms with van der Waals surface area (Å²) in [5.74, 6) is 0. The first-order valence-corrected chi connectivity index (χ1v) is 5.04. The second kappa shape index (κ2) is 3.33. The summed E-state index contributed by atoms with van der Waals surface area (Å²) in [6.45, 7) is 6.87. The Morgan fingerprint density at radius 1 is 1.31 bits per heavy atom. The lowest BCUT2D eigenvalue weighted by Crippen LogP contribution is -2.24. The van der Waals surface area contributed by atoms with Crippen LogP contribution in [0, 0.1) is 5.41 Å². The Labute approximate surface area is 91.3 Å². The van der Waals surface area contributed by atoms with E-state index in [4.69, 9.17) is 0 Å². The van der Waals surface area contributed by atoms with Crippen LogP contribution < -0.4 is 11.2 Å². The molecule has 0 fully saturated rings. The minimum absolute atomic E-state index is 0.0379. The fraction of sp³-hybridized carbons (Fsp3) is 0.500. The van der Waals surface area contributed by atoms with Gasteiger partial charge in [-0.05, 0) is 5.41 Å². The number of rotatable bonds is 1. The van der Waals surface area contributed by atoms with E-state index in [1.807, 2.05) is 0 Å². The number of hydrogen-bond donors (Lipinski definition) is 2. The van der Waals surface area contributed by atoms with Crippen molar-refractivity contribution in [3.8, 4) is 0 Å². The lowest BCUT2D eigenvalue weighted by Gasteiger charge is -2.18. The highest BCUT2D eigenvalue weighted by atomic mass is 16.2. The maximum atomic E-state index is 11.6. The maximum absolute atomic E-state index is 11.6. The summed E-state index contributed by atoms with van der Waals surface area (Å²) >= 11 is 0. The van der Waals surface area contributed by atoms with E-state index in [2.05, 4.69) is 35.7 Å². The predicted molar refractivity (Wildman–Crippen MR) is 60.4 cm³/mol. The van der Waals surface area contributed by atoms with Crippen molar-refractivity contribution in [2.24, 2.45) is 5.41 Å². The van der Waals surface area contributed by atoms with Gasteiger partial charge in [0.05, 0.1) is 6.33 Å². The highest BCUT2D eigenvalue weighted by Gasteiger charge is 2.15. The van der Waals surface area contributed by atoms with Gasteiger partial charge in [0, 0.05) is 6.54 Å². The fourth-order valence-corrected chi connectivity index (χ4v) is 1.64. The van der Waals surface area contributed by atoms with Gasteiger partial charge < -0.3 is 4.57 Å². The van der Waals surface area contributed by atoms with E-state index in [0.717, 1.165) is 0 Å². The Hall–Kier alpha value is -1.85. The van der Waals surface area contributed by atoms with Crippen molar-refractivity contribution < 1.29 is 0 Å². The number of aromatic nitrogens is 4. The predicted octanol–water partition coefficient (Wildman–Crippen LogP) is 0.459. The van der Waals surface area contributed by atoms with Gasteiger partial charge in [-0.25, -0.2) is 9.78 Å². The Morgan fingerprint density at radius 2 is 2.00 bits per heavy atom. The molecule has 0 saturated carbocycles. The minimum atomic E-state index is -0.529. The van der Waals surface area contributed by atoms with Gasteiger partial charge >= 0.3 is 5.69 Å². The van der Waals surface area contributed by atoms with Crippen LogP contribution in [0.2, 0.25) is 0 Å². The Balaban J connectivity index is 2.66. The molecule has 2 aromatic heterocycles. The number of imidazole rings is 1. The first-order valence-electron chi connectivity index (χ1n) is 5.04. The van der Waals surface area contributed by atoms with E-state index >= 15 is 0 Å². The van der Waals surface area contributed by atoms with E-state index in [1.54, 1.807) is 10.9 Å². The van der Waals surface area contributed by atoms with Crippen LogP contribution in [0.4, 0.5) is 0 Å². The van der Waals surface area contributed by atoms with Crippen LogP contribution in [0.5, 0.6) is 0 Å². The number of hydrogen-bond acceptors (Lipinski definition) is 3. The van der Waals surface area contributed by atoms with E-state index in [-0.39, 0.29) is 5.41 Å². The highest BCUT2D eigenvalue weighted by molar-refractivity contribution is 5.68. The fourth-order valence-electron chi connectivity index (χ4n) is 1.64. The third-order valence-corrected chi connectivity index (χ3v) is 2.16. The molecule has 2 aromatic rings. The van der Waals surface area contributed by atoms with Crippen LogP contribution in [0.15, 0.2) is 15.9 Å². The summed E-state index contributed by atoms with van der Waals surface area (Å²) in [5, 5.41) is 0. The topological polar surface area (TPSA) is 83.5 Å². The SMILES string of the molecule is CC(C)(C)Cn1cnc2[nH]c(=O)[nH]c(=O)c21. The van der Waals surface area contributed by atoms with Crippen LogP contribution in [-0.4, -0.2) is 19.5 Å². The second-order valence-corrected chi connectivity index (χ2v) is 5.04. The molecule has 0 spiro atoms. The zero-order valence-electron chi connectivity index (χ0n) is 9.50. The maximum Gasteiger partial charge on any atom is 0.327 e. The standard InChI is InChI=1S/C10H14N4O2/c1-10(2,3)4-14-5-11-7-6(14)8(15)13-9(16)12-7/h5H,4H2,1-3H3,(H2,12,13,15,16). The molecule has 0 aliphatic heterocycles. The Bertz CT molecular complexity index is 627. The van der Waals surface area contributed by atoms with Crippen molar-refractivity contribution in [1.29, 1.82) is 0 Å². The first kappa shape index (κ1) is 10.7. The van der Waals surface area contributed by atoms with E-state index in [1.165, 1.54) is 0 Å². The second-order valence-electron chi connectivity index (χ2n) is 5.04. The lowest BCUT2D eigenvalue weighted by atomic mass is 9.97. The zero-order valence-corrected chi connectivity index (χ0v) is 9.50. The van der Waals surface area contributed by atoms with Crippen LogP contribution in [0.25, 0.3) is 11.2 Å².